The van der Waals surface area contributed by atoms with E-state index in [4.69, 9.17) is 9.47 Å². The van der Waals surface area contributed by atoms with Gasteiger partial charge in [-0.3, -0.25) is 9.69 Å². The number of hydrogen-bond acceptors (Lipinski definition) is 5. The maximum atomic E-state index is 12.1. The van der Waals surface area contributed by atoms with Gasteiger partial charge in [-0.15, -0.1) is 0 Å². The second-order valence-corrected chi connectivity index (χ2v) is 5.28. The molecule has 5 nitrogen and oxygen atoms in total. The van der Waals surface area contributed by atoms with E-state index >= 15 is 0 Å². The van der Waals surface area contributed by atoms with Crippen molar-refractivity contribution < 1.29 is 14.3 Å². The Morgan fingerprint density at radius 2 is 2.05 bits per heavy atom. The summed E-state index contributed by atoms with van der Waals surface area (Å²) in [5, 5.41) is 3.28. The zero-order chi connectivity index (χ0) is 14.3. The van der Waals surface area contributed by atoms with Crippen LogP contribution in [0.4, 0.5) is 0 Å². The summed E-state index contributed by atoms with van der Waals surface area (Å²) in [6.07, 6.45) is 0.750. The van der Waals surface area contributed by atoms with Crippen LogP contribution in [-0.2, 0) is 14.3 Å². The first kappa shape index (κ1) is 16.4. The van der Waals surface area contributed by atoms with Crippen LogP contribution < -0.4 is 5.32 Å². The van der Waals surface area contributed by atoms with E-state index in [9.17, 15) is 4.79 Å². The molecule has 2 unspecified atom stereocenters. The maximum Gasteiger partial charge on any atom is 0.326 e. The molecule has 1 N–H and O–H groups in total. The zero-order valence-electron chi connectivity index (χ0n) is 12.7. The second-order valence-electron chi connectivity index (χ2n) is 5.28. The Balaban J connectivity index is 2.62. The summed E-state index contributed by atoms with van der Waals surface area (Å²) >= 11 is 0. The molecule has 19 heavy (non-hydrogen) atoms. The van der Waals surface area contributed by atoms with E-state index in [1.54, 1.807) is 0 Å². The number of ether oxygens (including phenoxy) is 2. The van der Waals surface area contributed by atoms with Crippen LogP contribution >= 0.6 is 0 Å². The quantitative estimate of drug-likeness (QED) is 0.702. The van der Waals surface area contributed by atoms with E-state index in [1.165, 1.54) is 0 Å². The van der Waals surface area contributed by atoms with Gasteiger partial charge in [0.15, 0.2) is 0 Å². The van der Waals surface area contributed by atoms with Gasteiger partial charge in [-0.25, -0.2) is 0 Å². The van der Waals surface area contributed by atoms with E-state index in [2.05, 4.69) is 17.1 Å². The molecule has 0 saturated carbocycles. The molecule has 0 spiro atoms. The number of rotatable bonds is 7. The normalized spacial score (nSPS) is 21.7. The summed E-state index contributed by atoms with van der Waals surface area (Å²) in [4.78, 5) is 14.5. The fourth-order valence-electron chi connectivity index (χ4n) is 2.65. The molecule has 0 radical (unpaired) electrons. The fraction of sp³-hybridized carbons (Fsp3) is 0.929. The lowest BCUT2D eigenvalue weighted by Gasteiger charge is -2.37. The topological polar surface area (TPSA) is 50.8 Å². The molecule has 1 fully saturated rings. The highest BCUT2D eigenvalue weighted by Crippen LogP contribution is 2.19. The molecule has 1 aliphatic heterocycles. The Morgan fingerprint density at radius 1 is 1.42 bits per heavy atom. The van der Waals surface area contributed by atoms with Crippen LogP contribution in [0.5, 0.6) is 0 Å². The van der Waals surface area contributed by atoms with Gasteiger partial charge in [-0.2, -0.15) is 0 Å². The summed E-state index contributed by atoms with van der Waals surface area (Å²) in [6.45, 7) is 12.6. The van der Waals surface area contributed by atoms with Crippen molar-refractivity contribution in [3.63, 3.8) is 0 Å². The predicted octanol–water partition coefficient (Wildman–Crippen LogP) is 1.03. The number of esters is 1. The second kappa shape index (κ2) is 7.82. The molecule has 1 aliphatic rings. The number of nitrogens with zero attached hydrogens (tertiary/aromatic N) is 1. The molecular weight excluding hydrogens is 244 g/mol. The summed E-state index contributed by atoms with van der Waals surface area (Å²) in [5.74, 6) is -0.156. The smallest absolute Gasteiger partial charge is 0.326 e. The highest BCUT2D eigenvalue weighted by atomic mass is 16.5. The minimum atomic E-state index is -0.609. The first-order valence-corrected chi connectivity index (χ1v) is 7.27. The fourth-order valence-corrected chi connectivity index (χ4v) is 2.65. The molecule has 0 amide bonds. The number of nitrogens with one attached hydrogen (secondary N) is 1. The summed E-state index contributed by atoms with van der Waals surface area (Å²) in [7, 11) is 0. The van der Waals surface area contributed by atoms with Gasteiger partial charge in [0.2, 0.25) is 0 Å². The van der Waals surface area contributed by atoms with E-state index < -0.39 is 5.54 Å². The molecule has 0 aromatic carbocycles. The lowest BCUT2D eigenvalue weighted by atomic mass is 9.92. The summed E-state index contributed by atoms with van der Waals surface area (Å²) in [5.41, 5.74) is -0.609. The maximum absolute atomic E-state index is 12.1. The average Bonchev–Trinajstić information content (AvgIpc) is 2.40. The first-order valence-electron chi connectivity index (χ1n) is 7.27. The average molecular weight is 272 g/mol. The molecule has 1 saturated heterocycles. The first-order chi connectivity index (χ1) is 9.03. The number of carbonyl (C=O) groups excluding carboxylic acids is 1. The van der Waals surface area contributed by atoms with Crippen LogP contribution in [0, 0.1) is 0 Å². The van der Waals surface area contributed by atoms with Crippen LogP contribution in [0.15, 0.2) is 0 Å². The molecule has 0 aliphatic carbocycles. The van der Waals surface area contributed by atoms with E-state index in [0.717, 1.165) is 39.3 Å². The van der Waals surface area contributed by atoms with Crippen LogP contribution in [0.3, 0.4) is 0 Å². The summed E-state index contributed by atoms with van der Waals surface area (Å²) in [6, 6.07) is 0.331. The third-order valence-corrected chi connectivity index (χ3v) is 3.67. The van der Waals surface area contributed by atoms with Crippen molar-refractivity contribution in [3.05, 3.63) is 0 Å². The van der Waals surface area contributed by atoms with Gasteiger partial charge in [-0.05, 0) is 33.7 Å². The van der Waals surface area contributed by atoms with Crippen molar-refractivity contribution in [2.75, 3.05) is 39.5 Å². The predicted molar refractivity (Wildman–Crippen MR) is 75.2 cm³/mol. The third-order valence-electron chi connectivity index (χ3n) is 3.67. The van der Waals surface area contributed by atoms with Crippen molar-refractivity contribution in [2.45, 2.75) is 45.7 Å². The lowest BCUT2D eigenvalue weighted by molar-refractivity contribution is -0.151. The van der Waals surface area contributed by atoms with E-state index in [1.807, 2.05) is 20.8 Å². The van der Waals surface area contributed by atoms with Gasteiger partial charge in [0.1, 0.15) is 5.54 Å². The molecule has 0 aromatic heterocycles. The highest BCUT2D eigenvalue weighted by Gasteiger charge is 2.36. The largest absolute Gasteiger partial charge is 0.465 e. The van der Waals surface area contributed by atoms with Crippen molar-refractivity contribution in [3.8, 4) is 0 Å². The Morgan fingerprint density at radius 3 is 2.58 bits per heavy atom. The molecule has 0 bridgehead atoms. The van der Waals surface area contributed by atoms with Gasteiger partial charge < -0.3 is 14.8 Å². The van der Waals surface area contributed by atoms with Crippen LogP contribution in [-0.4, -0.2) is 61.9 Å². The van der Waals surface area contributed by atoms with Crippen molar-refractivity contribution in [1.82, 2.24) is 10.2 Å². The Labute approximate surface area is 116 Å². The van der Waals surface area contributed by atoms with Gasteiger partial charge in [0.05, 0.1) is 19.8 Å². The Hall–Kier alpha value is -0.650. The van der Waals surface area contributed by atoms with Crippen LogP contribution in [0.25, 0.3) is 0 Å². The third kappa shape index (κ3) is 4.75. The molecule has 112 valence electrons. The minimum absolute atomic E-state index is 0.156. The molecule has 1 heterocycles. The number of carbonyl (C=O) groups is 1. The zero-order valence-corrected chi connectivity index (χ0v) is 12.7. The molecule has 0 aromatic rings. The highest BCUT2D eigenvalue weighted by molar-refractivity contribution is 5.80. The molecule has 1 rings (SSSR count). The standard InChI is InChI=1S/C14H28N2O3/c1-5-15-14(4,13(17)19-6-2)11-12(3)16-7-9-18-10-8-16/h12,15H,5-11H2,1-4H3. The minimum Gasteiger partial charge on any atom is -0.465 e. The van der Waals surface area contributed by atoms with Gasteiger partial charge in [0.25, 0.3) is 0 Å². The van der Waals surface area contributed by atoms with Crippen molar-refractivity contribution >= 4 is 5.97 Å². The van der Waals surface area contributed by atoms with Crippen LogP contribution in [0.1, 0.15) is 34.1 Å². The van der Waals surface area contributed by atoms with Crippen molar-refractivity contribution in [2.24, 2.45) is 0 Å². The molecule has 5 heteroatoms. The van der Waals surface area contributed by atoms with Gasteiger partial charge in [-0.1, -0.05) is 6.92 Å². The molecular formula is C14H28N2O3. The van der Waals surface area contributed by atoms with Gasteiger partial charge in [0, 0.05) is 19.1 Å². The SMILES string of the molecule is CCNC(C)(CC(C)N1CCOCC1)C(=O)OCC. The lowest BCUT2D eigenvalue weighted by Crippen LogP contribution is -2.55. The molecule has 2 atom stereocenters. The Kier molecular flexibility index (Phi) is 6.75. The van der Waals surface area contributed by atoms with E-state index in [0.29, 0.717) is 12.6 Å². The summed E-state index contributed by atoms with van der Waals surface area (Å²) < 4.78 is 10.6. The monoisotopic (exact) mass is 272 g/mol. The Bertz CT molecular complexity index is 280. The van der Waals surface area contributed by atoms with Crippen LogP contribution in [0.2, 0.25) is 0 Å². The van der Waals surface area contributed by atoms with Crippen molar-refractivity contribution in [1.29, 1.82) is 0 Å². The van der Waals surface area contributed by atoms with E-state index in [-0.39, 0.29) is 5.97 Å². The number of morpholine rings is 1. The van der Waals surface area contributed by atoms with Gasteiger partial charge >= 0.3 is 5.97 Å². The number of likely N-dealkylation sites (N-methyl/N-ethyl adjacent to an activating group) is 1. The number of hydrogen-bond donors (Lipinski definition) is 1.